The summed E-state index contributed by atoms with van der Waals surface area (Å²) in [6, 6.07) is 2.26. The first kappa shape index (κ1) is 16.8. The normalized spacial score (nSPS) is 26.2. The second kappa shape index (κ2) is 6.47. The SMILES string of the molecule is COCc1nc(C(F)F)ccc1C(=O)C1C(=O)C2CCC(C2)C1=O.[2HH]. The van der Waals surface area contributed by atoms with E-state index in [9.17, 15) is 23.2 Å². The third-order valence-corrected chi connectivity index (χ3v) is 4.83. The second-order valence-electron chi connectivity index (χ2n) is 6.27. The number of rotatable bonds is 5. The van der Waals surface area contributed by atoms with Crippen LogP contribution in [0.3, 0.4) is 0 Å². The number of hydrogen-bond acceptors (Lipinski definition) is 5. The number of carbonyl (C=O) groups excluding carboxylic acids is 3. The van der Waals surface area contributed by atoms with Crippen LogP contribution in [0.2, 0.25) is 0 Å². The third-order valence-electron chi connectivity index (χ3n) is 4.83. The number of fused-ring (bicyclic) bond motifs is 2. The Balaban J connectivity index is 0.00000225. The number of pyridine rings is 1. The molecule has 2 fully saturated rings. The maximum Gasteiger partial charge on any atom is 0.280 e. The van der Waals surface area contributed by atoms with Crippen molar-refractivity contribution >= 4 is 17.3 Å². The first-order valence-electron chi connectivity index (χ1n) is 7.82. The van der Waals surface area contributed by atoms with Crippen LogP contribution in [0.4, 0.5) is 8.78 Å². The van der Waals surface area contributed by atoms with Crippen LogP contribution in [0.1, 0.15) is 48.9 Å². The van der Waals surface area contributed by atoms with Crippen LogP contribution in [-0.4, -0.2) is 29.4 Å². The molecular weight excluding hydrogens is 320 g/mol. The van der Waals surface area contributed by atoms with Gasteiger partial charge in [0.15, 0.2) is 17.3 Å². The monoisotopic (exact) mass is 340 g/mol. The van der Waals surface area contributed by atoms with Crippen molar-refractivity contribution in [3.8, 4) is 0 Å². The van der Waals surface area contributed by atoms with Gasteiger partial charge in [-0.05, 0) is 31.4 Å². The first-order chi connectivity index (χ1) is 11.4. The number of ether oxygens (including phenoxy) is 1. The summed E-state index contributed by atoms with van der Waals surface area (Å²) < 4.78 is 30.5. The maximum absolute atomic E-state index is 12.8. The van der Waals surface area contributed by atoms with E-state index in [1.54, 1.807) is 0 Å². The van der Waals surface area contributed by atoms with E-state index in [0.29, 0.717) is 19.3 Å². The molecule has 2 unspecified atom stereocenters. The molecule has 130 valence electrons. The van der Waals surface area contributed by atoms with Gasteiger partial charge in [0.05, 0.1) is 12.3 Å². The van der Waals surface area contributed by atoms with Crippen LogP contribution in [-0.2, 0) is 20.9 Å². The Morgan fingerprint density at radius 2 is 1.92 bits per heavy atom. The Hall–Kier alpha value is -2.02. The van der Waals surface area contributed by atoms with Gasteiger partial charge < -0.3 is 4.74 Å². The zero-order valence-electron chi connectivity index (χ0n) is 13.1. The van der Waals surface area contributed by atoms with E-state index in [2.05, 4.69) is 4.98 Å². The van der Waals surface area contributed by atoms with E-state index in [1.165, 1.54) is 13.2 Å². The van der Waals surface area contributed by atoms with Crippen LogP contribution in [0.5, 0.6) is 0 Å². The van der Waals surface area contributed by atoms with E-state index in [0.717, 1.165) is 6.07 Å². The van der Waals surface area contributed by atoms with Gasteiger partial charge in [0, 0.05) is 25.9 Å². The lowest BCUT2D eigenvalue weighted by atomic mass is 9.75. The molecule has 1 aromatic rings. The zero-order chi connectivity index (χ0) is 17.4. The van der Waals surface area contributed by atoms with Crippen molar-refractivity contribution in [2.45, 2.75) is 32.3 Å². The lowest BCUT2D eigenvalue weighted by Gasteiger charge is -2.24. The fourth-order valence-corrected chi connectivity index (χ4v) is 3.63. The molecule has 0 aromatic carbocycles. The molecule has 2 aliphatic rings. The van der Waals surface area contributed by atoms with Crippen molar-refractivity contribution in [3.63, 3.8) is 0 Å². The molecule has 3 rings (SSSR count). The van der Waals surface area contributed by atoms with Gasteiger partial charge in [0.25, 0.3) is 6.43 Å². The van der Waals surface area contributed by atoms with Crippen molar-refractivity contribution in [2.75, 3.05) is 7.11 Å². The van der Waals surface area contributed by atoms with Crippen LogP contribution in [0.25, 0.3) is 0 Å². The van der Waals surface area contributed by atoms with Crippen molar-refractivity contribution in [1.82, 2.24) is 4.98 Å². The van der Waals surface area contributed by atoms with Gasteiger partial charge in [0.2, 0.25) is 0 Å². The van der Waals surface area contributed by atoms with Gasteiger partial charge in [-0.1, -0.05) is 0 Å². The Kier molecular flexibility index (Phi) is 4.54. The molecule has 0 spiro atoms. The van der Waals surface area contributed by atoms with E-state index in [-0.39, 0.29) is 42.7 Å². The summed E-state index contributed by atoms with van der Waals surface area (Å²) in [6.07, 6.45) is -0.993. The quantitative estimate of drug-likeness (QED) is 0.609. The number of hydrogen-bond donors (Lipinski definition) is 0. The van der Waals surface area contributed by atoms with Gasteiger partial charge in [0.1, 0.15) is 11.6 Å². The highest BCUT2D eigenvalue weighted by Crippen LogP contribution is 2.41. The molecule has 2 aliphatic carbocycles. The Morgan fingerprint density at radius 3 is 2.46 bits per heavy atom. The highest BCUT2D eigenvalue weighted by atomic mass is 19.3. The average Bonchev–Trinajstić information content (AvgIpc) is 3.00. The Morgan fingerprint density at radius 1 is 1.29 bits per heavy atom. The fraction of sp³-hybridized carbons (Fsp3) is 0.529. The molecule has 0 aliphatic heterocycles. The minimum Gasteiger partial charge on any atom is -0.378 e. The largest absolute Gasteiger partial charge is 0.378 e. The van der Waals surface area contributed by atoms with Crippen molar-refractivity contribution in [1.29, 1.82) is 0 Å². The number of halogens is 2. The standard InChI is InChI=1S/C17H17F2NO4.H2/c1-24-7-12-10(4-5-11(20-12)17(18)19)16(23)13-14(21)8-2-3-9(6-8)15(13)22;/h4-5,8-9,13,17H,2-3,6-7H2,1H3;1H/i;1+1. The number of alkyl halides is 2. The van der Waals surface area contributed by atoms with Gasteiger partial charge in [-0.15, -0.1) is 0 Å². The second-order valence-corrected chi connectivity index (χ2v) is 6.27. The Bertz CT molecular complexity index is 688. The van der Waals surface area contributed by atoms with E-state index < -0.39 is 23.8 Å². The van der Waals surface area contributed by atoms with E-state index >= 15 is 0 Å². The molecule has 2 bridgehead atoms. The molecule has 2 atom stereocenters. The van der Waals surface area contributed by atoms with E-state index in [4.69, 9.17) is 4.74 Å². The molecule has 0 N–H and O–H groups in total. The minimum absolute atomic E-state index is 0. The number of nitrogens with zero attached hydrogens (tertiary/aromatic N) is 1. The topological polar surface area (TPSA) is 73.3 Å². The summed E-state index contributed by atoms with van der Waals surface area (Å²) in [6.45, 7) is -0.149. The van der Waals surface area contributed by atoms with Crippen LogP contribution in [0, 0.1) is 17.8 Å². The highest BCUT2D eigenvalue weighted by molar-refractivity contribution is 6.26. The lowest BCUT2D eigenvalue weighted by Crippen LogP contribution is -2.41. The van der Waals surface area contributed by atoms with Gasteiger partial charge in [-0.2, -0.15) is 0 Å². The summed E-state index contributed by atoms with van der Waals surface area (Å²) in [5.41, 5.74) is -0.437. The van der Waals surface area contributed by atoms with Crippen LogP contribution >= 0.6 is 0 Å². The van der Waals surface area contributed by atoms with Crippen molar-refractivity contribution in [3.05, 3.63) is 29.1 Å². The molecule has 1 heterocycles. The fourth-order valence-electron chi connectivity index (χ4n) is 3.63. The van der Waals surface area contributed by atoms with Crippen molar-refractivity contribution in [2.24, 2.45) is 17.8 Å². The third kappa shape index (κ3) is 2.77. The summed E-state index contributed by atoms with van der Waals surface area (Å²) >= 11 is 0. The van der Waals surface area contributed by atoms with E-state index in [1.807, 2.05) is 0 Å². The predicted octanol–water partition coefficient (Wildman–Crippen LogP) is 2.78. The smallest absolute Gasteiger partial charge is 0.280 e. The zero-order valence-corrected chi connectivity index (χ0v) is 13.1. The molecule has 1 aromatic heterocycles. The first-order valence-corrected chi connectivity index (χ1v) is 7.82. The summed E-state index contributed by atoms with van der Waals surface area (Å²) in [5, 5.41) is 0. The van der Waals surface area contributed by atoms with Gasteiger partial charge >= 0.3 is 0 Å². The molecule has 2 saturated carbocycles. The molecule has 0 saturated heterocycles. The summed E-state index contributed by atoms with van der Waals surface area (Å²) in [5.74, 6) is -3.17. The highest BCUT2D eigenvalue weighted by Gasteiger charge is 2.50. The number of carbonyl (C=O) groups is 3. The predicted molar refractivity (Wildman–Crippen MR) is 80.7 cm³/mol. The molecule has 5 nitrogen and oxygen atoms in total. The molecule has 0 amide bonds. The van der Waals surface area contributed by atoms with Crippen LogP contribution < -0.4 is 0 Å². The molecule has 7 heteroatoms. The number of aromatic nitrogens is 1. The number of Topliss-reactive ketones (excluding diaryl/α,β-unsaturated/α-hetero) is 3. The summed E-state index contributed by atoms with van der Waals surface area (Å²) in [4.78, 5) is 41.4. The summed E-state index contributed by atoms with van der Waals surface area (Å²) in [7, 11) is 1.35. The minimum atomic E-state index is -2.78. The average molecular weight is 340 g/mol. The number of methoxy groups -OCH3 is 1. The number of ketones is 3. The molecular formula is C17H19F2NO4. The van der Waals surface area contributed by atoms with Crippen LogP contribution in [0.15, 0.2) is 12.1 Å². The van der Waals surface area contributed by atoms with Gasteiger partial charge in [-0.25, -0.2) is 13.8 Å². The molecule has 0 radical (unpaired) electrons. The Labute approximate surface area is 138 Å². The molecule has 24 heavy (non-hydrogen) atoms. The van der Waals surface area contributed by atoms with Gasteiger partial charge in [-0.3, -0.25) is 14.4 Å². The maximum atomic E-state index is 12.8. The lowest BCUT2D eigenvalue weighted by molar-refractivity contribution is -0.137. The van der Waals surface area contributed by atoms with Crippen molar-refractivity contribution < 1.29 is 29.3 Å².